The molecule has 3 N–H and O–H groups in total. The van der Waals surface area contributed by atoms with Gasteiger partial charge < -0.3 is 15.6 Å². The van der Waals surface area contributed by atoms with Crippen LogP contribution in [0.5, 0.6) is 0 Å². The van der Waals surface area contributed by atoms with Gasteiger partial charge in [-0.15, -0.1) is 0 Å². The lowest BCUT2D eigenvalue weighted by molar-refractivity contribution is -0.122. The largest absolute Gasteiger partial charge is 0.341 e. The molecule has 0 radical (unpaired) electrons. The van der Waals surface area contributed by atoms with Crippen molar-refractivity contribution in [2.45, 2.75) is 25.9 Å². The molecule has 0 aliphatic heterocycles. The van der Waals surface area contributed by atoms with Crippen LogP contribution in [0.1, 0.15) is 29.9 Å². The number of amides is 1. The molecule has 5 nitrogen and oxygen atoms in total. The van der Waals surface area contributed by atoms with Crippen LogP contribution in [-0.4, -0.2) is 21.5 Å². The molecule has 1 aromatic carbocycles. The predicted molar refractivity (Wildman–Crippen MR) is 78.0 cm³/mol. The van der Waals surface area contributed by atoms with E-state index in [1.54, 1.807) is 13.1 Å². The van der Waals surface area contributed by atoms with Crippen molar-refractivity contribution in [1.29, 1.82) is 0 Å². The molecule has 1 amide bonds. The molecule has 5 heteroatoms. The van der Waals surface area contributed by atoms with Gasteiger partial charge in [-0.1, -0.05) is 29.8 Å². The third-order valence-corrected chi connectivity index (χ3v) is 3.23. The molecule has 1 heterocycles. The molecule has 2 atom stereocenters. The number of hydrogen-bond donors (Lipinski definition) is 2. The van der Waals surface area contributed by atoms with Gasteiger partial charge in [0.25, 0.3) is 0 Å². The Hall–Kier alpha value is -2.14. The van der Waals surface area contributed by atoms with Gasteiger partial charge in [0, 0.05) is 19.4 Å². The first-order valence-corrected chi connectivity index (χ1v) is 6.59. The SMILES string of the molecule is Cc1ccc(C(NC(=O)C(C)N)c2nccn2C)cc1. The first kappa shape index (κ1) is 14.3. The number of rotatable bonds is 4. The van der Waals surface area contributed by atoms with Crippen LogP contribution in [0, 0.1) is 6.92 Å². The van der Waals surface area contributed by atoms with Crippen LogP contribution in [0.15, 0.2) is 36.7 Å². The van der Waals surface area contributed by atoms with Gasteiger partial charge in [-0.2, -0.15) is 0 Å². The molecule has 0 saturated carbocycles. The second-order valence-electron chi connectivity index (χ2n) is 5.04. The van der Waals surface area contributed by atoms with E-state index in [4.69, 9.17) is 5.73 Å². The second-order valence-corrected chi connectivity index (χ2v) is 5.04. The highest BCUT2D eigenvalue weighted by Crippen LogP contribution is 2.20. The van der Waals surface area contributed by atoms with E-state index in [1.807, 2.05) is 49.0 Å². The standard InChI is InChI=1S/C15H20N4O/c1-10-4-6-12(7-5-10)13(18-15(20)11(2)16)14-17-8-9-19(14)3/h4-9,11,13H,16H2,1-3H3,(H,18,20). The normalized spacial score (nSPS) is 13.8. The summed E-state index contributed by atoms with van der Waals surface area (Å²) in [5.74, 6) is 0.585. The minimum Gasteiger partial charge on any atom is -0.341 e. The Kier molecular flexibility index (Phi) is 4.20. The van der Waals surface area contributed by atoms with Gasteiger partial charge in [0.05, 0.1) is 6.04 Å². The molecule has 20 heavy (non-hydrogen) atoms. The van der Waals surface area contributed by atoms with Crippen LogP contribution < -0.4 is 11.1 Å². The maximum atomic E-state index is 11.9. The zero-order chi connectivity index (χ0) is 14.7. The van der Waals surface area contributed by atoms with Gasteiger partial charge in [-0.05, 0) is 19.4 Å². The zero-order valence-electron chi connectivity index (χ0n) is 12.0. The van der Waals surface area contributed by atoms with Crippen molar-refractivity contribution < 1.29 is 4.79 Å². The molecular weight excluding hydrogens is 252 g/mol. The summed E-state index contributed by atoms with van der Waals surface area (Å²) in [7, 11) is 1.90. The predicted octanol–water partition coefficient (Wildman–Crippen LogP) is 1.28. The van der Waals surface area contributed by atoms with E-state index in [2.05, 4.69) is 10.3 Å². The lowest BCUT2D eigenvalue weighted by Gasteiger charge is -2.20. The van der Waals surface area contributed by atoms with E-state index in [0.717, 1.165) is 11.4 Å². The average Bonchev–Trinajstić information content (AvgIpc) is 2.83. The van der Waals surface area contributed by atoms with Crippen LogP contribution in [0.3, 0.4) is 0 Å². The maximum Gasteiger partial charge on any atom is 0.237 e. The molecule has 2 rings (SSSR count). The number of carbonyl (C=O) groups is 1. The number of aryl methyl sites for hydroxylation is 2. The van der Waals surface area contributed by atoms with E-state index in [0.29, 0.717) is 0 Å². The number of aromatic nitrogens is 2. The molecule has 1 aromatic heterocycles. The van der Waals surface area contributed by atoms with Crippen LogP contribution in [0.25, 0.3) is 0 Å². The van der Waals surface area contributed by atoms with Crippen LogP contribution in [0.4, 0.5) is 0 Å². The smallest absolute Gasteiger partial charge is 0.237 e. The van der Waals surface area contributed by atoms with Crippen molar-refractivity contribution in [3.05, 3.63) is 53.6 Å². The van der Waals surface area contributed by atoms with Crippen molar-refractivity contribution in [3.8, 4) is 0 Å². The molecule has 2 aromatic rings. The Bertz CT molecular complexity index is 586. The monoisotopic (exact) mass is 272 g/mol. The number of nitrogens with one attached hydrogen (secondary N) is 1. The van der Waals surface area contributed by atoms with E-state index in [-0.39, 0.29) is 11.9 Å². The highest BCUT2D eigenvalue weighted by atomic mass is 16.2. The topological polar surface area (TPSA) is 72.9 Å². The van der Waals surface area contributed by atoms with Gasteiger partial charge in [-0.25, -0.2) is 4.98 Å². The Morgan fingerprint density at radius 1 is 1.35 bits per heavy atom. The van der Waals surface area contributed by atoms with Crippen molar-refractivity contribution >= 4 is 5.91 Å². The molecule has 0 saturated heterocycles. The fourth-order valence-electron chi connectivity index (χ4n) is 1.98. The summed E-state index contributed by atoms with van der Waals surface area (Å²) in [6, 6.07) is 7.18. The first-order valence-electron chi connectivity index (χ1n) is 6.59. The number of nitrogens with zero attached hydrogens (tertiary/aromatic N) is 2. The number of carbonyl (C=O) groups excluding carboxylic acids is 1. The molecule has 0 aliphatic rings. The molecule has 0 spiro atoms. The molecular formula is C15H20N4O. The van der Waals surface area contributed by atoms with Gasteiger partial charge >= 0.3 is 0 Å². The van der Waals surface area contributed by atoms with E-state index in [1.165, 1.54) is 5.56 Å². The Morgan fingerprint density at radius 3 is 2.50 bits per heavy atom. The van der Waals surface area contributed by atoms with Crippen molar-refractivity contribution in [2.24, 2.45) is 12.8 Å². The highest BCUT2D eigenvalue weighted by molar-refractivity contribution is 5.81. The second kappa shape index (κ2) is 5.88. The van der Waals surface area contributed by atoms with Crippen LogP contribution in [-0.2, 0) is 11.8 Å². The van der Waals surface area contributed by atoms with Gasteiger partial charge in [-0.3, -0.25) is 4.79 Å². The summed E-state index contributed by atoms with van der Waals surface area (Å²) in [6.07, 6.45) is 3.57. The lowest BCUT2D eigenvalue weighted by Crippen LogP contribution is -2.41. The van der Waals surface area contributed by atoms with Crippen molar-refractivity contribution in [3.63, 3.8) is 0 Å². The maximum absolute atomic E-state index is 11.9. The summed E-state index contributed by atoms with van der Waals surface area (Å²) < 4.78 is 1.89. The van der Waals surface area contributed by atoms with E-state index in [9.17, 15) is 4.79 Å². The Morgan fingerprint density at radius 2 is 2.00 bits per heavy atom. The van der Waals surface area contributed by atoms with E-state index < -0.39 is 6.04 Å². The molecule has 106 valence electrons. The first-order chi connectivity index (χ1) is 9.49. The lowest BCUT2D eigenvalue weighted by atomic mass is 10.0. The minimum atomic E-state index is -0.553. The average molecular weight is 272 g/mol. The fraction of sp³-hybridized carbons (Fsp3) is 0.333. The van der Waals surface area contributed by atoms with Crippen molar-refractivity contribution in [2.75, 3.05) is 0 Å². The molecule has 2 unspecified atom stereocenters. The summed E-state index contributed by atoms with van der Waals surface area (Å²) in [5, 5.41) is 2.95. The third kappa shape index (κ3) is 3.05. The van der Waals surface area contributed by atoms with Crippen LogP contribution >= 0.6 is 0 Å². The third-order valence-electron chi connectivity index (χ3n) is 3.23. The summed E-state index contributed by atoms with van der Waals surface area (Å²) in [4.78, 5) is 16.3. The Labute approximate surface area is 118 Å². The summed E-state index contributed by atoms with van der Waals surface area (Å²) in [6.45, 7) is 3.69. The van der Waals surface area contributed by atoms with Gasteiger partial charge in [0.15, 0.2) is 0 Å². The fourth-order valence-corrected chi connectivity index (χ4v) is 1.98. The number of benzene rings is 1. The molecule has 0 aliphatic carbocycles. The summed E-state index contributed by atoms with van der Waals surface area (Å²) in [5.41, 5.74) is 7.80. The zero-order valence-corrected chi connectivity index (χ0v) is 12.0. The number of nitrogens with two attached hydrogens (primary N) is 1. The van der Waals surface area contributed by atoms with E-state index >= 15 is 0 Å². The number of imidazole rings is 1. The number of hydrogen-bond acceptors (Lipinski definition) is 3. The minimum absolute atomic E-state index is 0.196. The van der Waals surface area contributed by atoms with Gasteiger partial charge in [0.1, 0.15) is 11.9 Å². The van der Waals surface area contributed by atoms with Gasteiger partial charge in [0.2, 0.25) is 5.91 Å². The van der Waals surface area contributed by atoms with Crippen molar-refractivity contribution in [1.82, 2.24) is 14.9 Å². The Balaban J connectivity index is 2.36. The molecule has 0 bridgehead atoms. The summed E-state index contributed by atoms with van der Waals surface area (Å²) >= 11 is 0. The highest BCUT2D eigenvalue weighted by Gasteiger charge is 2.21. The molecule has 0 fully saturated rings. The quantitative estimate of drug-likeness (QED) is 0.880. The van der Waals surface area contributed by atoms with Crippen LogP contribution in [0.2, 0.25) is 0 Å².